The van der Waals surface area contributed by atoms with E-state index in [0.29, 0.717) is 19.1 Å². The van der Waals surface area contributed by atoms with Crippen LogP contribution in [-0.2, 0) is 10.0 Å². The van der Waals surface area contributed by atoms with Gasteiger partial charge in [-0.2, -0.15) is 0 Å². The first kappa shape index (κ1) is 14.9. The standard InChI is InChI=1S/C11H24N2O3S/c1-17(15,16)13-8-5-11(6-9-13)12-7-3-2-4-10-14/h11-12,14H,2-10H2,1H3. The molecule has 0 aromatic carbocycles. The van der Waals surface area contributed by atoms with Crippen LogP contribution >= 0.6 is 0 Å². The Kier molecular flexibility index (Phi) is 6.40. The van der Waals surface area contributed by atoms with Gasteiger partial charge in [0.1, 0.15) is 0 Å². The van der Waals surface area contributed by atoms with E-state index < -0.39 is 10.0 Å². The van der Waals surface area contributed by atoms with Crippen molar-refractivity contribution in [2.45, 2.75) is 38.1 Å². The van der Waals surface area contributed by atoms with E-state index >= 15 is 0 Å². The summed E-state index contributed by atoms with van der Waals surface area (Å²) in [5.41, 5.74) is 0. The van der Waals surface area contributed by atoms with Crippen LogP contribution in [0.1, 0.15) is 32.1 Å². The first-order valence-corrected chi connectivity index (χ1v) is 8.18. The fraction of sp³-hybridized carbons (Fsp3) is 1.00. The summed E-state index contributed by atoms with van der Waals surface area (Å²) in [5, 5.41) is 12.1. The Morgan fingerprint density at radius 1 is 1.24 bits per heavy atom. The van der Waals surface area contributed by atoms with Gasteiger partial charge in [-0.15, -0.1) is 0 Å². The van der Waals surface area contributed by atoms with Gasteiger partial charge in [-0.25, -0.2) is 12.7 Å². The summed E-state index contributed by atoms with van der Waals surface area (Å²) >= 11 is 0. The molecule has 0 aromatic heterocycles. The van der Waals surface area contributed by atoms with Crippen LogP contribution in [0.2, 0.25) is 0 Å². The van der Waals surface area contributed by atoms with Crippen LogP contribution in [0.15, 0.2) is 0 Å². The lowest BCUT2D eigenvalue weighted by Crippen LogP contribution is -2.44. The van der Waals surface area contributed by atoms with Crippen molar-refractivity contribution in [3.05, 3.63) is 0 Å². The van der Waals surface area contributed by atoms with Crippen LogP contribution in [0.25, 0.3) is 0 Å². The van der Waals surface area contributed by atoms with Gasteiger partial charge in [0.2, 0.25) is 10.0 Å². The minimum atomic E-state index is -3.00. The molecule has 0 atom stereocenters. The molecular formula is C11H24N2O3S. The average Bonchev–Trinajstić information content (AvgIpc) is 2.28. The molecule has 1 aliphatic heterocycles. The number of hydrogen-bond donors (Lipinski definition) is 2. The second kappa shape index (κ2) is 7.31. The number of aliphatic hydroxyl groups excluding tert-OH is 1. The molecule has 102 valence electrons. The van der Waals surface area contributed by atoms with E-state index in [0.717, 1.165) is 38.6 Å². The highest BCUT2D eigenvalue weighted by Gasteiger charge is 2.24. The summed E-state index contributed by atoms with van der Waals surface area (Å²) < 4.78 is 24.2. The number of nitrogens with zero attached hydrogens (tertiary/aromatic N) is 1. The Bertz CT molecular complexity index is 298. The highest BCUT2D eigenvalue weighted by molar-refractivity contribution is 7.88. The number of hydrogen-bond acceptors (Lipinski definition) is 4. The summed E-state index contributed by atoms with van der Waals surface area (Å²) in [5.74, 6) is 0. The number of rotatable bonds is 7. The summed E-state index contributed by atoms with van der Waals surface area (Å²) in [4.78, 5) is 0. The van der Waals surface area contributed by atoms with E-state index in [1.165, 1.54) is 6.26 Å². The molecule has 1 saturated heterocycles. The van der Waals surface area contributed by atoms with Gasteiger partial charge in [0, 0.05) is 25.7 Å². The molecule has 0 aliphatic carbocycles. The first-order valence-electron chi connectivity index (χ1n) is 6.33. The third kappa shape index (κ3) is 5.81. The lowest BCUT2D eigenvalue weighted by atomic mass is 10.1. The van der Waals surface area contributed by atoms with Crippen molar-refractivity contribution in [2.75, 3.05) is 32.5 Å². The molecule has 0 spiro atoms. The van der Waals surface area contributed by atoms with Crippen LogP contribution in [0.4, 0.5) is 0 Å². The van der Waals surface area contributed by atoms with Crippen LogP contribution in [0, 0.1) is 0 Å². The number of nitrogens with one attached hydrogen (secondary N) is 1. The molecule has 1 aliphatic rings. The van der Waals surface area contributed by atoms with Crippen molar-refractivity contribution in [3.8, 4) is 0 Å². The lowest BCUT2D eigenvalue weighted by Gasteiger charge is -2.30. The number of aliphatic hydroxyl groups is 1. The van der Waals surface area contributed by atoms with E-state index in [1.807, 2.05) is 0 Å². The molecule has 1 fully saturated rings. The molecule has 17 heavy (non-hydrogen) atoms. The van der Waals surface area contributed by atoms with Crippen molar-refractivity contribution in [1.29, 1.82) is 0 Å². The minimum absolute atomic E-state index is 0.271. The van der Waals surface area contributed by atoms with Gasteiger partial charge in [-0.05, 0) is 38.6 Å². The van der Waals surface area contributed by atoms with Gasteiger partial charge in [-0.3, -0.25) is 0 Å². The maximum absolute atomic E-state index is 11.3. The van der Waals surface area contributed by atoms with Crippen molar-refractivity contribution in [1.82, 2.24) is 9.62 Å². The van der Waals surface area contributed by atoms with Crippen LogP contribution in [-0.4, -0.2) is 56.4 Å². The third-order valence-electron chi connectivity index (χ3n) is 3.19. The zero-order chi connectivity index (χ0) is 12.7. The van der Waals surface area contributed by atoms with E-state index in [1.54, 1.807) is 4.31 Å². The van der Waals surface area contributed by atoms with Crippen molar-refractivity contribution >= 4 is 10.0 Å². The van der Waals surface area contributed by atoms with Crippen molar-refractivity contribution < 1.29 is 13.5 Å². The van der Waals surface area contributed by atoms with Gasteiger partial charge < -0.3 is 10.4 Å². The number of piperidine rings is 1. The SMILES string of the molecule is CS(=O)(=O)N1CCC(NCCCCCO)CC1. The lowest BCUT2D eigenvalue weighted by molar-refractivity contribution is 0.276. The largest absolute Gasteiger partial charge is 0.396 e. The van der Waals surface area contributed by atoms with Crippen molar-refractivity contribution in [2.24, 2.45) is 0 Å². The van der Waals surface area contributed by atoms with Gasteiger partial charge in [0.05, 0.1) is 6.26 Å². The minimum Gasteiger partial charge on any atom is -0.396 e. The summed E-state index contributed by atoms with van der Waals surface area (Å²) in [6.07, 6.45) is 6.06. The fourth-order valence-corrected chi connectivity index (χ4v) is 2.99. The second-order valence-corrected chi connectivity index (χ2v) is 6.66. The zero-order valence-electron chi connectivity index (χ0n) is 10.6. The third-order valence-corrected chi connectivity index (χ3v) is 4.49. The molecule has 0 aromatic rings. The second-order valence-electron chi connectivity index (χ2n) is 4.67. The number of sulfonamides is 1. The van der Waals surface area contributed by atoms with E-state index in [4.69, 9.17) is 5.11 Å². The van der Waals surface area contributed by atoms with Gasteiger partial charge in [-0.1, -0.05) is 0 Å². The average molecular weight is 264 g/mol. The molecule has 0 radical (unpaired) electrons. The Morgan fingerprint density at radius 2 is 1.88 bits per heavy atom. The molecule has 1 rings (SSSR count). The molecule has 0 bridgehead atoms. The molecule has 0 saturated carbocycles. The summed E-state index contributed by atoms with van der Waals surface area (Å²) in [6, 6.07) is 0.446. The van der Waals surface area contributed by atoms with Gasteiger partial charge in [0.25, 0.3) is 0 Å². The van der Waals surface area contributed by atoms with E-state index in [-0.39, 0.29) is 6.61 Å². The molecule has 1 heterocycles. The first-order chi connectivity index (χ1) is 8.04. The highest BCUT2D eigenvalue weighted by atomic mass is 32.2. The predicted octanol–water partition coefficient (Wildman–Crippen LogP) is 0.163. The molecule has 0 unspecified atom stereocenters. The summed E-state index contributed by atoms with van der Waals surface area (Å²) in [7, 11) is -3.00. The Hall–Kier alpha value is -0.170. The van der Waals surface area contributed by atoms with E-state index in [2.05, 4.69) is 5.32 Å². The Morgan fingerprint density at radius 3 is 2.41 bits per heavy atom. The molecule has 5 nitrogen and oxygen atoms in total. The quantitative estimate of drug-likeness (QED) is 0.643. The topological polar surface area (TPSA) is 69.6 Å². The predicted molar refractivity (Wildman–Crippen MR) is 68.4 cm³/mol. The monoisotopic (exact) mass is 264 g/mol. The molecule has 0 amide bonds. The Balaban J connectivity index is 2.11. The number of unbranched alkanes of at least 4 members (excludes halogenated alkanes) is 2. The van der Waals surface area contributed by atoms with Crippen LogP contribution < -0.4 is 5.32 Å². The van der Waals surface area contributed by atoms with Crippen molar-refractivity contribution in [3.63, 3.8) is 0 Å². The fourth-order valence-electron chi connectivity index (χ4n) is 2.11. The maximum atomic E-state index is 11.3. The maximum Gasteiger partial charge on any atom is 0.211 e. The van der Waals surface area contributed by atoms with Crippen LogP contribution in [0.5, 0.6) is 0 Å². The molecule has 6 heteroatoms. The summed E-state index contributed by atoms with van der Waals surface area (Å²) in [6.45, 7) is 2.50. The molecule has 2 N–H and O–H groups in total. The molecular weight excluding hydrogens is 240 g/mol. The Labute approximate surface area is 104 Å². The van der Waals surface area contributed by atoms with Gasteiger partial charge in [0.15, 0.2) is 0 Å². The smallest absolute Gasteiger partial charge is 0.211 e. The normalized spacial score (nSPS) is 19.6. The van der Waals surface area contributed by atoms with Crippen LogP contribution in [0.3, 0.4) is 0 Å². The zero-order valence-corrected chi connectivity index (χ0v) is 11.4. The van der Waals surface area contributed by atoms with E-state index in [9.17, 15) is 8.42 Å². The highest BCUT2D eigenvalue weighted by Crippen LogP contribution is 2.13. The van der Waals surface area contributed by atoms with Gasteiger partial charge >= 0.3 is 0 Å².